The number of nitrogens with zero attached hydrogens (tertiary/aromatic N) is 2. The van der Waals surface area contributed by atoms with Crippen LogP contribution < -0.4 is 11.1 Å². The molecule has 0 spiro atoms. The number of benzene rings is 1. The van der Waals surface area contributed by atoms with Gasteiger partial charge in [-0.25, -0.2) is 0 Å². The highest BCUT2D eigenvalue weighted by atomic mass is 15.3. The molecule has 2 aromatic rings. The number of nitrogen functional groups attached to an aromatic ring is 1. The molecule has 0 atom stereocenters. The predicted molar refractivity (Wildman–Crippen MR) is 70.8 cm³/mol. The Hall–Kier alpha value is -1.97. The van der Waals surface area contributed by atoms with Gasteiger partial charge in [0.2, 0.25) is 0 Å². The number of rotatable bonds is 4. The predicted octanol–water partition coefficient (Wildman–Crippen LogP) is 2.41. The van der Waals surface area contributed by atoms with Crippen LogP contribution in [0.2, 0.25) is 0 Å². The summed E-state index contributed by atoms with van der Waals surface area (Å²) < 4.78 is 1.91. The van der Waals surface area contributed by atoms with Gasteiger partial charge in [0.1, 0.15) is 0 Å². The lowest BCUT2D eigenvalue weighted by molar-refractivity contribution is 0.649. The Kier molecular flexibility index (Phi) is 3.32. The molecule has 2 rings (SSSR count). The van der Waals surface area contributed by atoms with Crippen molar-refractivity contribution in [1.29, 1.82) is 0 Å². The summed E-state index contributed by atoms with van der Waals surface area (Å²) in [5.74, 6) is 0. The first-order valence-electron chi connectivity index (χ1n) is 5.82. The molecule has 17 heavy (non-hydrogen) atoms. The van der Waals surface area contributed by atoms with Crippen molar-refractivity contribution in [3.8, 4) is 0 Å². The van der Waals surface area contributed by atoms with E-state index in [-0.39, 0.29) is 0 Å². The van der Waals surface area contributed by atoms with Crippen LogP contribution in [0.4, 0.5) is 11.4 Å². The SMILES string of the molecule is CCn1ccc(CNc2c(C)cccc2N)n1. The number of nitrogens with two attached hydrogens (primary N) is 1. The van der Waals surface area contributed by atoms with Crippen LogP contribution in [0.15, 0.2) is 30.5 Å². The molecule has 0 saturated heterocycles. The summed E-state index contributed by atoms with van der Waals surface area (Å²) in [7, 11) is 0. The number of anilines is 2. The summed E-state index contributed by atoms with van der Waals surface area (Å²) in [6, 6.07) is 7.93. The molecule has 3 N–H and O–H groups in total. The van der Waals surface area contributed by atoms with Gasteiger partial charge in [-0.1, -0.05) is 12.1 Å². The summed E-state index contributed by atoms with van der Waals surface area (Å²) in [4.78, 5) is 0. The molecule has 0 aliphatic carbocycles. The average Bonchev–Trinajstić information content (AvgIpc) is 2.76. The van der Waals surface area contributed by atoms with Crippen molar-refractivity contribution in [2.24, 2.45) is 0 Å². The molecule has 0 saturated carbocycles. The minimum atomic E-state index is 0.696. The highest BCUT2D eigenvalue weighted by Crippen LogP contribution is 2.22. The van der Waals surface area contributed by atoms with Gasteiger partial charge in [-0.05, 0) is 31.5 Å². The Morgan fingerprint density at radius 2 is 2.18 bits per heavy atom. The third kappa shape index (κ3) is 2.58. The monoisotopic (exact) mass is 230 g/mol. The van der Waals surface area contributed by atoms with Gasteiger partial charge in [-0.15, -0.1) is 0 Å². The first-order valence-corrected chi connectivity index (χ1v) is 5.82. The number of hydrogen-bond acceptors (Lipinski definition) is 3. The van der Waals surface area contributed by atoms with E-state index in [4.69, 9.17) is 5.73 Å². The van der Waals surface area contributed by atoms with E-state index in [1.54, 1.807) is 0 Å². The van der Waals surface area contributed by atoms with Gasteiger partial charge in [0.25, 0.3) is 0 Å². The first kappa shape index (κ1) is 11.5. The van der Waals surface area contributed by atoms with Crippen molar-refractivity contribution in [3.63, 3.8) is 0 Å². The highest BCUT2D eigenvalue weighted by molar-refractivity contribution is 5.69. The van der Waals surface area contributed by atoms with Gasteiger partial charge in [0.05, 0.1) is 23.6 Å². The van der Waals surface area contributed by atoms with Gasteiger partial charge >= 0.3 is 0 Å². The quantitative estimate of drug-likeness (QED) is 0.793. The molecule has 1 aromatic heterocycles. The Morgan fingerprint density at radius 1 is 1.35 bits per heavy atom. The number of nitrogens with one attached hydrogen (secondary N) is 1. The normalized spacial score (nSPS) is 10.5. The van der Waals surface area contributed by atoms with Crippen LogP contribution >= 0.6 is 0 Å². The van der Waals surface area contributed by atoms with Gasteiger partial charge in [-0.3, -0.25) is 4.68 Å². The molecular weight excluding hydrogens is 212 g/mol. The number of para-hydroxylation sites is 1. The molecular formula is C13H18N4. The Morgan fingerprint density at radius 3 is 2.82 bits per heavy atom. The topological polar surface area (TPSA) is 55.9 Å². The fourth-order valence-corrected chi connectivity index (χ4v) is 1.79. The van der Waals surface area contributed by atoms with Crippen molar-refractivity contribution >= 4 is 11.4 Å². The molecule has 0 fully saturated rings. The Balaban J connectivity index is 2.07. The molecule has 0 aliphatic heterocycles. The van der Waals surface area contributed by atoms with Crippen LogP contribution in [0, 0.1) is 6.92 Å². The average molecular weight is 230 g/mol. The van der Waals surface area contributed by atoms with E-state index in [9.17, 15) is 0 Å². The number of aryl methyl sites for hydroxylation is 2. The zero-order valence-corrected chi connectivity index (χ0v) is 10.3. The van der Waals surface area contributed by atoms with Crippen LogP contribution in [-0.4, -0.2) is 9.78 Å². The molecule has 1 aromatic carbocycles. The molecule has 4 nitrogen and oxygen atoms in total. The second-order valence-electron chi connectivity index (χ2n) is 4.06. The van der Waals surface area contributed by atoms with E-state index < -0.39 is 0 Å². The van der Waals surface area contributed by atoms with E-state index in [1.165, 1.54) is 0 Å². The van der Waals surface area contributed by atoms with Crippen molar-refractivity contribution in [2.75, 3.05) is 11.1 Å². The molecule has 0 radical (unpaired) electrons. The lowest BCUT2D eigenvalue weighted by atomic mass is 10.1. The summed E-state index contributed by atoms with van der Waals surface area (Å²) in [5.41, 5.74) is 9.88. The molecule has 0 aliphatic rings. The van der Waals surface area contributed by atoms with Crippen LogP contribution in [0.1, 0.15) is 18.2 Å². The second-order valence-corrected chi connectivity index (χ2v) is 4.06. The van der Waals surface area contributed by atoms with Crippen LogP contribution in [0.3, 0.4) is 0 Å². The molecule has 0 unspecified atom stereocenters. The van der Waals surface area contributed by atoms with Crippen molar-refractivity contribution in [3.05, 3.63) is 41.7 Å². The van der Waals surface area contributed by atoms with Gasteiger partial charge < -0.3 is 11.1 Å². The maximum absolute atomic E-state index is 5.93. The van der Waals surface area contributed by atoms with Crippen molar-refractivity contribution in [1.82, 2.24) is 9.78 Å². The maximum Gasteiger partial charge on any atom is 0.0815 e. The Labute approximate surface area is 101 Å². The first-order chi connectivity index (χ1) is 8.20. The lowest BCUT2D eigenvalue weighted by Gasteiger charge is -2.10. The van der Waals surface area contributed by atoms with E-state index in [0.29, 0.717) is 6.54 Å². The molecule has 1 heterocycles. The fourth-order valence-electron chi connectivity index (χ4n) is 1.79. The van der Waals surface area contributed by atoms with E-state index >= 15 is 0 Å². The fraction of sp³-hybridized carbons (Fsp3) is 0.308. The number of aromatic nitrogens is 2. The lowest BCUT2D eigenvalue weighted by Crippen LogP contribution is -2.05. The van der Waals surface area contributed by atoms with Gasteiger partial charge in [0.15, 0.2) is 0 Å². The van der Waals surface area contributed by atoms with Crippen LogP contribution in [-0.2, 0) is 13.1 Å². The van der Waals surface area contributed by atoms with E-state index in [2.05, 4.69) is 17.3 Å². The zero-order valence-electron chi connectivity index (χ0n) is 10.3. The van der Waals surface area contributed by atoms with E-state index in [1.807, 2.05) is 42.1 Å². The standard InChI is InChI=1S/C13H18N4/c1-3-17-8-7-11(16-17)9-15-13-10(2)5-4-6-12(13)14/h4-8,15H,3,9,14H2,1-2H3. The van der Waals surface area contributed by atoms with Crippen LogP contribution in [0.5, 0.6) is 0 Å². The molecule has 4 heteroatoms. The molecule has 0 bridgehead atoms. The zero-order chi connectivity index (χ0) is 12.3. The Bertz CT molecular complexity index is 482. The maximum atomic E-state index is 5.93. The summed E-state index contributed by atoms with van der Waals surface area (Å²) in [6.07, 6.45) is 1.98. The van der Waals surface area contributed by atoms with E-state index in [0.717, 1.165) is 29.2 Å². The van der Waals surface area contributed by atoms with Gasteiger partial charge in [0, 0.05) is 12.7 Å². The van der Waals surface area contributed by atoms with Gasteiger partial charge in [-0.2, -0.15) is 5.10 Å². The number of hydrogen-bond donors (Lipinski definition) is 2. The molecule has 90 valence electrons. The second kappa shape index (κ2) is 4.91. The third-order valence-electron chi connectivity index (χ3n) is 2.77. The highest BCUT2D eigenvalue weighted by Gasteiger charge is 2.03. The van der Waals surface area contributed by atoms with Crippen molar-refractivity contribution in [2.45, 2.75) is 26.9 Å². The minimum absolute atomic E-state index is 0.696. The molecule has 0 amide bonds. The summed E-state index contributed by atoms with van der Waals surface area (Å²) >= 11 is 0. The summed E-state index contributed by atoms with van der Waals surface area (Å²) in [5, 5.41) is 7.75. The van der Waals surface area contributed by atoms with Crippen LogP contribution in [0.25, 0.3) is 0 Å². The van der Waals surface area contributed by atoms with Crippen molar-refractivity contribution < 1.29 is 0 Å². The third-order valence-corrected chi connectivity index (χ3v) is 2.77. The minimum Gasteiger partial charge on any atom is -0.397 e. The summed E-state index contributed by atoms with van der Waals surface area (Å²) in [6.45, 7) is 5.71. The smallest absolute Gasteiger partial charge is 0.0815 e. The largest absolute Gasteiger partial charge is 0.397 e.